The molecule has 0 aromatic heterocycles. The van der Waals surface area contributed by atoms with Crippen LogP contribution in [0, 0.1) is 0 Å². The SMILES string of the molecule is CCN(CC)c1ccc2c(-c3ccccc3C(=O)OCCC(C)(c3ccc(O)cc3)c3ccc(O)cc3)c3ccc(=[N+](CC)CC)cc-3oc2c1. The number of carbonyl (C=O) groups excluding carboxylic acids is 1. The lowest BCUT2D eigenvalue weighted by molar-refractivity contribution is 0.0484. The summed E-state index contributed by atoms with van der Waals surface area (Å²) in [6, 6.07) is 34.4. The fourth-order valence-electron chi connectivity index (χ4n) is 7.15. The van der Waals surface area contributed by atoms with Crippen LogP contribution in [0.2, 0.25) is 0 Å². The maximum absolute atomic E-state index is 14.1. The number of phenols is 2. The molecule has 0 bridgehead atoms. The highest BCUT2D eigenvalue weighted by Gasteiger charge is 2.30. The van der Waals surface area contributed by atoms with Crippen molar-refractivity contribution in [3.05, 3.63) is 131 Å². The smallest absolute Gasteiger partial charge is 0.338 e. The third-order valence-corrected chi connectivity index (χ3v) is 10.2. The van der Waals surface area contributed by atoms with E-state index in [-0.39, 0.29) is 18.1 Å². The number of fused-ring (bicyclic) bond motifs is 2. The van der Waals surface area contributed by atoms with Crippen LogP contribution in [0.1, 0.15) is 62.5 Å². The van der Waals surface area contributed by atoms with Crippen LogP contribution in [-0.2, 0) is 10.2 Å². The fourth-order valence-corrected chi connectivity index (χ4v) is 7.15. The van der Waals surface area contributed by atoms with E-state index in [1.165, 1.54) is 0 Å². The minimum Gasteiger partial charge on any atom is -0.508 e. The number of phenolic OH excluding ortho intramolecular Hbond substituents is 2. The predicted molar refractivity (Wildman–Crippen MR) is 206 cm³/mol. The summed E-state index contributed by atoms with van der Waals surface area (Å²) in [5.41, 5.74) is 6.29. The van der Waals surface area contributed by atoms with Crippen LogP contribution in [0.3, 0.4) is 0 Å². The molecule has 6 rings (SSSR count). The van der Waals surface area contributed by atoms with Gasteiger partial charge >= 0.3 is 5.97 Å². The molecule has 2 N–H and O–H groups in total. The molecular weight excluding hydrogens is 636 g/mol. The molecule has 4 aromatic rings. The van der Waals surface area contributed by atoms with Gasteiger partial charge in [0, 0.05) is 52.8 Å². The van der Waals surface area contributed by atoms with Crippen molar-refractivity contribution in [1.29, 1.82) is 0 Å². The van der Waals surface area contributed by atoms with E-state index in [1.807, 2.05) is 48.5 Å². The molecule has 0 atom stereocenters. The summed E-state index contributed by atoms with van der Waals surface area (Å²) in [5.74, 6) is 0.695. The zero-order chi connectivity index (χ0) is 36.1. The molecule has 0 radical (unpaired) electrons. The van der Waals surface area contributed by atoms with Crippen molar-refractivity contribution >= 4 is 22.6 Å². The van der Waals surface area contributed by atoms with Gasteiger partial charge in [-0.1, -0.05) is 49.4 Å². The van der Waals surface area contributed by atoms with Gasteiger partial charge in [0.05, 0.1) is 18.2 Å². The molecule has 1 aliphatic heterocycles. The van der Waals surface area contributed by atoms with Crippen molar-refractivity contribution in [2.75, 3.05) is 37.7 Å². The van der Waals surface area contributed by atoms with Gasteiger partial charge in [0.25, 0.3) is 0 Å². The first-order chi connectivity index (χ1) is 24.7. The van der Waals surface area contributed by atoms with E-state index in [2.05, 4.69) is 80.5 Å². The molecule has 0 spiro atoms. The summed E-state index contributed by atoms with van der Waals surface area (Å²) in [7, 11) is 0. The fraction of sp³-hybridized carbons (Fsp3) is 0.273. The molecule has 0 unspecified atom stereocenters. The van der Waals surface area contributed by atoms with Crippen LogP contribution in [-0.4, -0.2) is 49.0 Å². The number of hydrogen-bond acceptors (Lipinski definition) is 6. The highest BCUT2D eigenvalue weighted by atomic mass is 16.5. The Labute approximate surface area is 300 Å². The first kappa shape index (κ1) is 35.3. The Morgan fingerprint density at radius 1 is 0.765 bits per heavy atom. The second-order valence-electron chi connectivity index (χ2n) is 13.0. The van der Waals surface area contributed by atoms with E-state index in [1.54, 1.807) is 24.3 Å². The van der Waals surface area contributed by atoms with E-state index in [0.717, 1.165) is 81.8 Å². The van der Waals surface area contributed by atoms with Crippen molar-refractivity contribution in [3.63, 3.8) is 0 Å². The zero-order valence-electron chi connectivity index (χ0n) is 30.1. The summed E-state index contributed by atoms with van der Waals surface area (Å²) < 4.78 is 15.0. The normalized spacial score (nSPS) is 11.5. The Hall–Kier alpha value is -5.56. The number of carbonyl (C=O) groups is 1. The molecule has 2 aliphatic rings. The minimum absolute atomic E-state index is 0.150. The molecule has 1 aliphatic carbocycles. The quantitative estimate of drug-likeness (QED) is 0.0762. The average Bonchev–Trinajstić information content (AvgIpc) is 3.15. The lowest BCUT2D eigenvalue weighted by Crippen LogP contribution is -2.29. The maximum atomic E-state index is 14.1. The highest BCUT2D eigenvalue weighted by molar-refractivity contribution is 6.08. The monoisotopic (exact) mass is 683 g/mol. The number of nitrogens with zero attached hydrogens (tertiary/aromatic N) is 2. The number of ether oxygens (including phenoxy) is 1. The molecular formula is C44H47N2O5+. The van der Waals surface area contributed by atoms with Crippen LogP contribution >= 0.6 is 0 Å². The van der Waals surface area contributed by atoms with E-state index < -0.39 is 11.4 Å². The number of aromatic hydroxyl groups is 2. The van der Waals surface area contributed by atoms with Crippen LogP contribution in [0.5, 0.6) is 11.5 Å². The second-order valence-corrected chi connectivity index (χ2v) is 13.0. The van der Waals surface area contributed by atoms with E-state index >= 15 is 0 Å². The summed E-state index contributed by atoms with van der Waals surface area (Å²) in [5, 5.41) is 21.9. The van der Waals surface area contributed by atoms with Crippen molar-refractivity contribution in [1.82, 2.24) is 4.58 Å². The van der Waals surface area contributed by atoms with Gasteiger partial charge in [-0.05, 0) is 99.3 Å². The van der Waals surface area contributed by atoms with Gasteiger partial charge in [-0.2, -0.15) is 0 Å². The van der Waals surface area contributed by atoms with Gasteiger partial charge in [0.2, 0.25) is 5.36 Å². The molecule has 4 aromatic carbocycles. The van der Waals surface area contributed by atoms with Gasteiger partial charge < -0.3 is 24.3 Å². The number of rotatable bonds is 12. The molecule has 262 valence electrons. The zero-order valence-corrected chi connectivity index (χ0v) is 30.1. The standard InChI is InChI=1S/C44H46N2O5/c1-6-45(7-2)32-18-24-38-40(28-32)51-41-29-33(46(8-3)9-4)19-25-39(41)42(38)36-12-10-11-13-37(36)43(49)50-27-26-44(5,30-14-20-34(47)21-15-30)31-16-22-35(48)23-17-31/h10-25,28-29H,6-9,26-27H2,1-5H3,(H-,47,48)/p+1. The molecule has 0 saturated carbocycles. The first-order valence-electron chi connectivity index (χ1n) is 17.9. The summed E-state index contributed by atoms with van der Waals surface area (Å²) in [6.45, 7) is 14.3. The lowest BCUT2D eigenvalue weighted by atomic mass is 9.74. The Bertz CT molecular complexity index is 2130. The molecule has 1 heterocycles. The van der Waals surface area contributed by atoms with Crippen LogP contribution < -0.4 is 14.8 Å². The van der Waals surface area contributed by atoms with Gasteiger partial charge in [0.1, 0.15) is 35.9 Å². The van der Waals surface area contributed by atoms with E-state index in [0.29, 0.717) is 12.0 Å². The first-order valence-corrected chi connectivity index (χ1v) is 17.9. The molecule has 0 amide bonds. The molecule has 51 heavy (non-hydrogen) atoms. The van der Waals surface area contributed by atoms with E-state index in [4.69, 9.17) is 9.15 Å². The summed E-state index contributed by atoms with van der Waals surface area (Å²) in [6.07, 6.45) is 0.481. The predicted octanol–water partition coefficient (Wildman–Crippen LogP) is 8.83. The highest BCUT2D eigenvalue weighted by Crippen LogP contribution is 2.42. The third-order valence-electron chi connectivity index (χ3n) is 10.2. The molecule has 7 nitrogen and oxygen atoms in total. The second kappa shape index (κ2) is 15.1. The Morgan fingerprint density at radius 2 is 1.39 bits per heavy atom. The third kappa shape index (κ3) is 7.07. The average molecular weight is 684 g/mol. The van der Waals surface area contributed by atoms with Crippen molar-refractivity contribution in [3.8, 4) is 33.9 Å². The van der Waals surface area contributed by atoms with Gasteiger partial charge in [-0.15, -0.1) is 0 Å². The number of hydrogen-bond donors (Lipinski definition) is 2. The van der Waals surface area contributed by atoms with Gasteiger partial charge in [0.15, 0.2) is 0 Å². The summed E-state index contributed by atoms with van der Waals surface area (Å²) >= 11 is 0. The number of benzene rings is 5. The van der Waals surface area contributed by atoms with Crippen molar-refractivity contribution in [2.24, 2.45) is 0 Å². The largest absolute Gasteiger partial charge is 0.508 e. The van der Waals surface area contributed by atoms with Crippen molar-refractivity contribution in [2.45, 2.75) is 46.5 Å². The summed E-state index contributed by atoms with van der Waals surface area (Å²) in [4.78, 5) is 16.4. The van der Waals surface area contributed by atoms with E-state index in [9.17, 15) is 15.0 Å². The van der Waals surface area contributed by atoms with Crippen LogP contribution in [0.25, 0.3) is 33.4 Å². The Morgan fingerprint density at radius 3 is 2.00 bits per heavy atom. The van der Waals surface area contributed by atoms with Crippen LogP contribution in [0.4, 0.5) is 5.69 Å². The maximum Gasteiger partial charge on any atom is 0.338 e. The van der Waals surface area contributed by atoms with Crippen LogP contribution in [0.15, 0.2) is 114 Å². The number of anilines is 1. The van der Waals surface area contributed by atoms with Gasteiger partial charge in [-0.3, -0.25) is 0 Å². The topological polar surface area (TPSA) is 86.2 Å². The van der Waals surface area contributed by atoms with Crippen molar-refractivity contribution < 1.29 is 24.2 Å². The molecule has 7 heteroatoms. The number of esters is 1. The minimum atomic E-state index is -0.556. The Balaban J connectivity index is 1.41. The molecule has 0 fully saturated rings. The van der Waals surface area contributed by atoms with Gasteiger partial charge in [-0.25, -0.2) is 9.37 Å². The molecule has 0 saturated heterocycles. The Kier molecular flexibility index (Phi) is 10.5. The lowest BCUT2D eigenvalue weighted by Gasteiger charge is -2.31.